The van der Waals surface area contributed by atoms with Gasteiger partial charge >= 0.3 is 12.7 Å². The average Bonchev–Trinajstić information content (AvgIpc) is 3.00. The number of halogens is 6. The Kier molecular flexibility index (Phi) is 10.7. The molecule has 0 aliphatic heterocycles. The molecule has 0 radical (unpaired) electrons. The van der Waals surface area contributed by atoms with Gasteiger partial charge in [0.05, 0.1) is 24.3 Å². The van der Waals surface area contributed by atoms with Crippen LogP contribution in [0, 0.1) is 0 Å². The van der Waals surface area contributed by atoms with E-state index in [-0.39, 0.29) is 11.5 Å². The van der Waals surface area contributed by atoms with Crippen molar-refractivity contribution in [2.45, 2.75) is 32.0 Å². The number of aldehydes is 2. The molecule has 0 spiro atoms. The van der Waals surface area contributed by atoms with Gasteiger partial charge in [-0.25, -0.2) is 0 Å². The van der Waals surface area contributed by atoms with Crippen molar-refractivity contribution in [3.63, 3.8) is 0 Å². The maximum atomic E-state index is 12.4. The number of alkyl halides is 6. The number of hydrogen-bond acceptors (Lipinski definition) is 6. The van der Waals surface area contributed by atoms with Gasteiger partial charge in [0.25, 0.3) is 0 Å². The summed E-state index contributed by atoms with van der Waals surface area (Å²) in [5.41, 5.74) is 3.02. The normalized spacial score (nSPS) is 11.5. The summed E-state index contributed by atoms with van der Waals surface area (Å²) in [6.45, 7) is 0.648. The highest BCUT2D eigenvalue weighted by atomic mass is 19.4. The number of carbonyl (C=O) groups excluding carboxylic acids is 2. The first-order chi connectivity index (χ1) is 21.4. The lowest BCUT2D eigenvalue weighted by Crippen LogP contribution is -2.16. The molecule has 0 amide bonds. The van der Waals surface area contributed by atoms with Gasteiger partial charge in [-0.1, -0.05) is 36.4 Å². The molecule has 45 heavy (non-hydrogen) atoms. The molecule has 0 unspecified atom stereocenters. The first-order valence-corrected chi connectivity index (χ1v) is 13.6. The van der Waals surface area contributed by atoms with Gasteiger partial charge in [0.1, 0.15) is 23.0 Å². The fraction of sp³-hybridized carbons (Fsp3) is 0.212. The molecular formula is C33H26F6O6. The van der Waals surface area contributed by atoms with Crippen LogP contribution in [0.1, 0.15) is 40.0 Å². The van der Waals surface area contributed by atoms with Crippen molar-refractivity contribution in [1.29, 1.82) is 0 Å². The van der Waals surface area contributed by atoms with Crippen molar-refractivity contribution in [3.05, 3.63) is 96.1 Å². The lowest BCUT2D eigenvalue weighted by atomic mass is 10.0. The highest BCUT2D eigenvalue weighted by Gasteiger charge is 2.31. The number of carbonyl (C=O) groups is 2. The summed E-state index contributed by atoms with van der Waals surface area (Å²) in [5, 5.41) is 0. The van der Waals surface area contributed by atoms with Crippen LogP contribution in [0.3, 0.4) is 0 Å². The summed E-state index contributed by atoms with van der Waals surface area (Å²) in [6, 6.07) is 20.4. The Morgan fingerprint density at radius 3 is 1.18 bits per heavy atom. The Labute approximate surface area is 254 Å². The summed E-state index contributed by atoms with van der Waals surface area (Å²) >= 11 is 0. The molecule has 4 aromatic rings. The van der Waals surface area contributed by atoms with Crippen molar-refractivity contribution in [2.75, 3.05) is 13.2 Å². The Bertz CT molecular complexity index is 1460. The molecule has 236 valence electrons. The first kappa shape index (κ1) is 32.9. The molecule has 0 atom stereocenters. The molecule has 4 rings (SSSR count). The molecule has 0 heterocycles. The molecule has 12 heteroatoms. The predicted octanol–water partition coefficient (Wildman–Crippen LogP) is 9.07. The SMILES string of the molecule is O=Cc1cc(-c2ccc(OC(F)(F)F)cc2)ccc1OCCCCCOc1ccc(-c2ccc(OC(F)(F)F)cc2)cc1C=O. The van der Waals surface area contributed by atoms with Gasteiger partial charge in [0.15, 0.2) is 12.6 Å². The van der Waals surface area contributed by atoms with Crippen molar-refractivity contribution < 1.29 is 54.9 Å². The van der Waals surface area contributed by atoms with E-state index in [9.17, 15) is 35.9 Å². The van der Waals surface area contributed by atoms with Gasteiger partial charge in [-0.2, -0.15) is 0 Å². The van der Waals surface area contributed by atoms with Gasteiger partial charge in [-0.05, 0) is 90.0 Å². The summed E-state index contributed by atoms with van der Waals surface area (Å²) in [4.78, 5) is 23.3. The zero-order valence-electron chi connectivity index (χ0n) is 23.5. The summed E-state index contributed by atoms with van der Waals surface area (Å²) in [7, 11) is 0. The van der Waals surface area contributed by atoms with Crippen molar-refractivity contribution in [2.24, 2.45) is 0 Å². The van der Waals surface area contributed by atoms with E-state index in [1.165, 1.54) is 48.5 Å². The van der Waals surface area contributed by atoms with Crippen LogP contribution in [0.5, 0.6) is 23.0 Å². The lowest BCUT2D eigenvalue weighted by Gasteiger charge is -2.12. The van der Waals surface area contributed by atoms with Gasteiger partial charge < -0.3 is 18.9 Å². The lowest BCUT2D eigenvalue weighted by molar-refractivity contribution is -0.275. The molecule has 0 bridgehead atoms. The average molecular weight is 633 g/mol. The summed E-state index contributed by atoms with van der Waals surface area (Å²) in [6.07, 6.45) is -6.27. The third kappa shape index (κ3) is 10.0. The topological polar surface area (TPSA) is 71.1 Å². The number of rotatable bonds is 14. The maximum Gasteiger partial charge on any atom is 0.573 e. The zero-order chi connectivity index (χ0) is 32.5. The van der Waals surface area contributed by atoms with E-state index in [0.717, 1.165) is 6.42 Å². The molecule has 0 aliphatic carbocycles. The van der Waals surface area contributed by atoms with Gasteiger partial charge in [0.2, 0.25) is 0 Å². The quantitative estimate of drug-likeness (QED) is 0.0785. The Morgan fingerprint density at radius 2 is 0.844 bits per heavy atom. The van der Waals surface area contributed by atoms with Crippen LogP contribution in [0.2, 0.25) is 0 Å². The Balaban J connectivity index is 1.22. The minimum Gasteiger partial charge on any atom is -0.493 e. The van der Waals surface area contributed by atoms with Gasteiger partial charge in [-0.3, -0.25) is 9.59 Å². The minimum atomic E-state index is -4.79. The Morgan fingerprint density at radius 1 is 0.489 bits per heavy atom. The van der Waals surface area contributed by atoms with E-state index in [1.807, 2.05) is 0 Å². The van der Waals surface area contributed by atoms with Crippen LogP contribution in [-0.4, -0.2) is 38.5 Å². The molecule has 0 saturated heterocycles. The van der Waals surface area contributed by atoms with E-state index in [1.54, 1.807) is 36.4 Å². The zero-order valence-corrected chi connectivity index (χ0v) is 23.5. The van der Waals surface area contributed by atoms with E-state index >= 15 is 0 Å². The standard InChI is InChI=1S/C33H26F6O6/c34-32(35,36)44-28-10-4-22(5-11-28)24-8-14-30(26(18-24)20-40)42-16-2-1-3-17-43-31-15-9-25(19-27(31)21-41)23-6-12-29(13-7-23)45-33(37,38)39/h4-15,18-21H,1-3,16-17H2. The first-order valence-electron chi connectivity index (χ1n) is 13.6. The highest BCUT2D eigenvalue weighted by molar-refractivity contribution is 5.84. The van der Waals surface area contributed by atoms with E-state index in [2.05, 4.69) is 9.47 Å². The van der Waals surface area contributed by atoms with Crippen LogP contribution in [0.25, 0.3) is 22.3 Å². The van der Waals surface area contributed by atoms with Crippen LogP contribution >= 0.6 is 0 Å². The summed E-state index contributed by atoms with van der Waals surface area (Å²) in [5.74, 6) is 0.0560. The van der Waals surface area contributed by atoms with Crippen molar-refractivity contribution >= 4 is 12.6 Å². The molecule has 0 N–H and O–H groups in total. The number of unbranched alkanes of at least 4 members (excludes halogenated alkanes) is 2. The predicted molar refractivity (Wildman–Crippen MR) is 153 cm³/mol. The molecule has 0 aromatic heterocycles. The largest absolute Gasteiger partial charge is 0.573 e. The molecule has 0 fully saturated rings. The number of hydrogen-bond donors (Lipinski definition) is 0. The van der Waals surface area contributed by atoms with E-state index in [0.29, 0.717) is 83.5 Å². The van der Waals surface area contributed by atoms with E-state index < -0.39 is 12.7 Å². The van der Waals surface area contributed by atoms with Crippen LogP contribution in [0.4, 0.5) is 26.3 Å². The number of benzene rings is 4. The third-order valence-corrected chi connectivity index (χ3v) is 6.42. The van der Waals surface area contributed by atoms with Gasteiger partial charge in [-0.15, -0.1) is 26.3 Å². The van der Waals surface area contributed by atoms with Crippen molar-refractivity contribution in [3.8, 4) is 45.3 Å². The molecule has 6 nitrogen and oxygen atoms in total. The van der Waals surface area contributed by atoms with Crippen LogP contribution in [0.15, 0.2) is 84.9 Å². The maximum absolute atomic E-state index is 12.4. The molecular weight excluding hydrogens is 606 g/mol. The van der Waals surface area contributed by atoms with Crippen LogP contribution < -0.4 is 18.9 Å². The smallest absolute Gasteiger partial charge is 0.493 e. The van der Waals surface area contributed by atoms with E-state index in [4.69, 9.17) is 9.47 Å². The minimum absolute atomic E-state index is 0.293. The highest BCUT2D eigenvalue weighted by Crippen LogP contribution is 2.31. The second-order valence-electron chi connectivity index (χ2n) is 9.64. The van der Waals surface area contributed by atoms with Crippen LogP contribution in [-0.2, 0) is 0 Å². The summed E-state index contributed by atoms with van der Waals surface area (Å²) < 4.78 is 93.5. The van der Waals surface area contributed by atoms with Crippen molar-refractivity contribution in [1.82, 2.24) is 0 Å². The second kappa shape index (κ2) is 14.7. The van der Waals surface area contributed by atoms with Gasteiger partial charge in [0, 0.05) is 0 Å². The molecule has 0 aliphatic rings. The molecule has 0 saturated carbocycles. The second-order valence-corrected chi connectivity index (χ2v) is 9.64. The number of ether oxygens (including phenoxy) is 4. The monoisotopic (exact) mass is 632 g/mol. The third-order valence-electron chi connectivity index (χ3n) is 6.42. The fourth-order valence-electron chi connectivity index (χ4n) is 4.35. The molecule has 4 aromatic carbocycles. The fourth-order valence-corrected chi connectivity index (χ4v) is 4.35. The Hall–Kier alpha value is -5.00.